The van der Waals surface area contributed by atoms with Gasteiger partial charge in [0.2, 0.25) is 0 Å². The fourth-order valence-electron chi connectivity index (χ4n) is 2.59. The molecule has 104 valence electrons. The van der Waals surface area contributed by atoms with Crippen molar-refractivity contribution >= 4 is 0 Å². The molecule has 0 saturated heterocycles. The van der Waals surface area contributed by atoms with E-state index < -0.39 is 0 Å². The molecule has 4 heteroatoms. The molecule has 4 nitrogen and oxygen atoms in total. The molecular weight excluding hydrogens is 250 g/mol. The maximum Gasteiger partial charge on any atom is 0.162 e. The molecule has 1 atom stereocenters. The summed E-state index contributed by atoms with van der Waals surface area (Å²) in [7, 11) is 0. The first-order valence-corrected chi connectivity index (χ1v) is 7.03. The third-order valence-corrected chi connectivity index (χ3v) is 3.58. The number of aromatic nitrogens is 2. The van der Waals surface area contributed by atoms with Crippen molar-refractivity contribution in [2.24, 2.45) is 0 Å². The summed E-state index contributed by atoms with van der Waals surface area (Å²) >= 11 is 0. The molecule has 0 radical (unpaired) electrons. The Labute approximate surface area is 119 Å². The van der Waals surface area contributed by atoms with Gasteiger partial charge in [0.25, 0.3) is 0 Å². The van der Waals surface area contributed by atoms with Crippen LogP contribution in [0.4, 0.5) is 0 Å². The number of rotatable bonds is 4. The average molecular weight is 269 g/mol. The number of aryl methyl sites for hydroxylation is 1. The van der Waals surface area contributed by atoms with Gasteiger partial charge in [-0.15, -0.1) is 0 Å². The fraction of sp³-hybridized carbons (Fsp3) is 0.375. The van der Waals surface area contributed by atoms with Crippen LogP contribution in [0.3, 0.4) is 0 Å². The predicted octanol–water partition coefficient (Wildman–Crippen LogP) is 2.51. The summed E-state index contributed by atoms with van der Waals surface area (Å²) in [5.41, 5.74) is 4.49. The zero-order valence-electron chi connectivity index (χ0n) is 11.9. The van der Waals surface area contributed by atoms with E-state index in [1.165, 1.54) is 5.56 Å². The third-order valence-electron chi connectivity index (χ3n) is 3.58. The van der Waals surface area contributed by atoms with Gasteiger partial charge in [0, 0.05) is 31.0 Å². The molecule has 20 heavy (non-hydrogen) atoms. The first kappa shape index (κ1) is 13.2. The maximum atomic E-state index is 5.88. The summed E-state index contributed by atoms with van der Waals surface area (Å²) in [5.74, 6) is 0.762. The highest BCUT2D eigenvalue weighted by Crippen LogP contribution is 2.26. The van der Waals surface area contributed by atoms with Crippen LogP contribution in [0.15, 0.2) is 30.3 Å². The highest BCUT2D eigenvalue weighted by Gasteiger charge is 2.22. The lowest BCUT2D eigenvalue weighted by molar-refractivity contribution is 0.0848. The highest BCUT2D eigenvalue weighted by atomic mass is 16.5. The minimum absolute atomic E-state index is 0.189. The summed E-state index contributed by atoms with van der Waals surface area (Å²) in [4.78, 5) is 9.37. The van der Waals surface area contributed by atoms with E-state index in [-0.39, 0.29) is 6.10 Å². The van der Waals surface area contributed by atoms with Gasteiger partial charge in [0.05, 0.1) is 5.69 Å². The van der Waals surface area contributed by atoms with Crippen molar-refractivity contribution in [3.05, 3.63) is 58.7 Å². The minimum Gasteiger partial charge on any atom is -0.366 e. The molecule has 1 unspecified atom stereocenters. The molecule has 0 saturated carbocycles. The number of nitrogens with one attached hydrogen (secondary N) is 1. The molecule has 1 aliphatic heterocycles. The van der Waals surface area contributed by atoms with Gasteiger partial charge >= 0.3 is 0 Å². The van der Waals surface area contributed by atoms with Crippen molar-refractivity contribution < 1.29 is 4.74 Å². The first-order valence-electron chi connectivity index (χ1n) is 7.03. The number of nitrogens with zero attached hydrogens (tertiary/aromatic N) is 2. The van der Waals surface area contributed by atoms with Crippen LogP contribution in [0, 0.1) is 6.92 Å². The topological polar surface area (TPSA) is 47.0 Å². The Hall–Kier alpha value is -1.78. The Balaban J connectivity index is 2.02. The summed E-state index contributed by atoms with van der Waals surface area (Å²) < 4.78 is 5.88. The SMILES string of the molecule is CCOC(c1ccccc1)c1nc(C)c2c(n1)CNC2. The largest absolute Gasteiger partial charge is 0.366 e. The molecule has 1 N–H and O–H groups in total. The van der Waals surface area contributed by atoms with Gasteiger partial charge in [0.15, 0.2) is 5.82 Å². The molecule has 0 bridgehead atoms. The summed E-state index contributed by atoms with van der Waals surface area (Å²) in [6, 6.07) is 10.2. The number of benzene rings is 1. The minimum atomic E-state index is -0.189. The zero-order chi connectivity index (χ0) is 13.9. The van der Waals surface area contributed by atoms with E-state index in [1.807, 2.05) is 32.0 Å². The number of fused-ring (bicyclic) bond motifs is 1. The van der Waals surface area contributed by atoms with E-state index in [4.69, 9.17) is 9.72 Å². The van der Waals surface area contributed by atoms with Crippen LogP contribution < -0.4 is 5.32 Å². The van der Waals surface area contributed by atoms with Crippen molar-refractivity contribution in [1.29, 1.82) is 0 Å². The molecule has 1 aliphatic rings. The lowest BCUT2D eigenvalue weighted by Crippen LogP contribution is -2.13. The number of hydrogen-bond donors (Lipinski definition) is 1. The Morgan fingerprint density at radius 1 is 1.20 bits per heavy atom. The van der Waals surface area contributed by atoms with Crippen LogP contribution in [0.1, 0.15) is 41.4 Å². The molecular formula is C16H19N3O. The van der Waals surface area contributed by atoms with Gasteiger partial charge in [-0.05, 0) is 19.4 Å². The molecule has 0 aliphatic carbocycles. The third kappa shape index (κ3) is 2.44. The monoisotopic (exact) mass is 269 g/mol. The van der Waals surface area contributed by atoms with Crippen LogP contribution in [-0.4, -0.2) is 16.6 Å². The van der Waals surface area contributed by atoms with Gasteiger partial charge in [-0.2, -0.15) is 0 Å². The van der Waals surface area contributed by atoms with Crippen LogP contribution >= 0.6 is 0 Å². The summed E-state index contributed by atoms with van der Waals surface area (Å²) in [6.07, 6.45) is -0.189. The fourth-order valence-corrected chi connectivity index (χ4v) is 2.59. The van der Waals surface area contributed by atoms with E-state index in [0.717, 1.165) is 35.9 Å². The van der Waals surface area contributed by atoms with E-state index in [1.54, 1.807) is 0 Å². The zero-order valence-corrected chi connectivity index (χ0v) is 11.9. The normalized spacial score (nSPS) is 15.1. The summed E-state index contributed by atoms with van der Waals surface area (Å²) in [5, 5.41) is 3.32. The van der Waals surface area contributed by atoms with Crippen LogP contribution in [0.2, 0.25) is 0 Å². The molecule has 2 aromatic rings. The smallest absolute Gasteiger partial charge is 0.162 e. The molecule has 1 aromatic carbocycles. The van der Waals surface area contributed by atoms with Gasteiger partial charge in [-0.25, -0.2) is 9.97 Å². The average Bonchev–Trinajstić information content (AvgIpc) is 2.94. The molecule has 0 fully saturated rings. The number of hydrogen-bond acceptors (Lipinski definition) is 4. The lowest BCUT2D eigenvalue weighted by atomic mass is 10.1. The van der Waals surface area contributed by atoms with Crippen LogP contribution in [-0.2, 0) is 17.8 Å². The first-order chi connectivity index (χ1) is 9.79. The van der Waals surface area contributed by atoms with E-state index >= 15 is 0 Å². The van der Waals surface area contributed by atoms with E-state index in [0.29, 0.717) is 6.61 Å². The van der Waals surface area contributed by atoms with Crippen LogP contribution in [0.25, 0.3) is 0 Å². The standard InChI is InChI=1S/C16H19N3O/c1-3-20-15(12-7-5-4-6-8-12)16-18-11(2)13-9-17-10-14(13)19-16/h4-8,15,17H,3,9-10H2,1-2H3. The van der Waals surface area contributed by atoms with Crippen molar-refractivity contribution in [3.8, 4) is 0 Å². The molecule has 1 aromatic heterocycles. The van der Waals surface area contributed by atoms with Crippen molar-refractivity contribution in [1.82, 2.24) is 15.3 Å². The molecule has 3 rings (SSSR count). The Bertz CT molecular complexity index is 598. The van der Waals surface area contributed by atoms with Gasteiger partial charge in [0.1, 0.15) is 6.10 Å². The summed E-state index contributed by atoms with van der Waals surface area (Å²) in [6.45, 7) is 6.37. The molecule has 2 heterocycles. The van der Waals surface area contributed by atoms with E-state index in [2.05, 4.69) is 22.4 Å². The predicted molar refractivity (Wildman–Crippen MR) is 77.2 cm³/mol. The van der Waals surface area contributed by atoms with Crippen molar-refractivity contribution in [2.75, 3.05) is 6.61 Å². The maximum absolute atomic E-state index is 5.88. The van der Waals surface area contributed by atoms with Crippen molar-refractivity contribution in [3.63, 3.8) is 0 Å². The van der Waals surface area contributed by atoms with E-state index in [9.17, 15) is 0 Å². The Morgan fingerprint density at radius 2 is 2.00 bits per heavy atom. The highest BCUT2D eigenvalue weighted by molar-refractivity contribution is 5.31. The second-order valence-corrected chi connectivity index (χ2v) is 4.94. The second kappa shape index (κ2) is 5.69. The van der Waals surface area contributed by atoms with Gasteiger partial charge < -0.3 is 10.1 Å². The quantitative estimate of drug-likeness (QED) is 0.926. The van der Waals surface area contributed by atoms with Gasteiger partial charge in [-0.3, -0.25) is 0 Å². The Morgan fingerprint density at radius 3 is 2.75 bits per heavy atom. The van der Waals surface area contributed by atoms with Crippen molar-refractivity contribution in [2.45, 2.75) is 33.0 Å². The van der Waals surface area contributed by atoms with Gasteiger partial charge in [-0.1, -0.05) is 30.3 Å². The lowest BCUT2D eigenvalue weighted by Gasteiger charge is -2.17. The Kier molecular flexibility index (Phi) is 3.76. The molecule has 0 amide bonds. The van der Waals surface area contributed by atoms with Crippen LogP contribution in [0.5, 0.6) is 0 Å². The second-order valence-electron chi connectivity index (χ2n) is 4.94. The molecule has 0 spiro atoms. The number of ether oxygens (including phenoxy) is 1.